The van der Waals surface area contributed by atoms with Crippen LogP contribution in [0.5, 0.6) is 0 Å². The van der Waals surface area contributed by atoms with Crippen LogP contribution in [0.4, 0.5) is 14.9 Å². The van der Waals surface area contributed by atoms with Gasteiger partial charge in [-0.25, -0.2) is 9.18 Å². The van der Waals surface area contributed by atoms with Crippen LogP contribution in [0.3, 0.4) is 0 Å². The Balaban J connectivity index is 1.34. The number of carbonyl (C=O) groups is 1. The SMILES string of the molecule is O=C(Nc1ccc(F)cc1)N1CCC2(CC1)COCCN(Cc1ccncc1)C2. The molecule has 29 heavy (non-hydrogen) atoms. The number of nitrogens with one attached hydrogen (secondary N) is 1. The van der Waals surface area contributed by atoms with Crippen molar-refractivity contribution in [1.82, 2.24) is 14.8 Å². The molecule has 2 fully saturated rings. The van der Waals surface area contributed by atoms with Crippen molar-refractivity contribution in [2.75, 3.05) is 44.7 Å². The molecule has 0 radical (unpaired) electrons. The highest BCUT2D eigenvalue weighted by Crippen LogP contribution is 2.35. The van der Waals surface area contributed by atoms with Crippen molar-refractivity contribution < 1.29 is 13.9 Å². The molecular weight excluding hydrogens is 371 g/mol. The number of anilines is 1. The van der Waals surface area contributed by atoms with Crippen LogP contribution >= 0.6 is 0 Å². The fourth-order valence-corrected chi connectivity index (χ4v) is 4.19. The molecule has 1 aromatic heterocycles. The van der Waals surface area contributed by atoms with Gasteiger partial charge in [-0.05, 0) is 54.8 Å². The van der Waals surface area contributed by atoms with E-state index in [2.05, 4.69) is 27.3 Å². The van der Waals surface area contributed by atoms with Gasteiger partial charge in [-0.2, -0.15) is 0 Å². The third-order valence-corrected chi connectivity index (χ3v) is 5.88. The van der Waals surface area contributed by atoms with Crippen molar-refractivity contribution in [3.63, 3.8) is 0 Å². The largest absolute Gasteiger partial charge is 0.379 e. The molecular formula is C22H27FN4O2. The number of rotatable bonds is 3. The van der Waals surface area contributed by atoms with Gasteiger partial charge < -0.3 is 15.0 Å². The van der Waals surface area contributed by atoms with Gasteiger partial charge in [0, 0.05) is 56.2 Å². The van der Waals surface area contributed by atoms with Gasteiger partial charge in [0.2, 0.25) is 0 Å². The summed E-state index contributed by atoms with van der Waals surface area (Å²) in [5.74, 6) is -0.312. The second-order valence-corrected chi connectivity index (χ2v) is 8.04. The van der Waals surface area contributed by atoms with Crippen LogP contribution < -0.4 is 5.32 Å². The van der Waals surface area contributed by atoms with E-state index in [-0.39, 0.29) is 17.3 Å². The molecule has 0 atom stereocenters. The number of ether oxygens (including phenoxy) is 1. The van der Waals surface area contributed by atoms with E-state index >= 15 is 0 Å². The lowest BCUT2D eigenvalue weighted by Gasteiger charge is -2.42. The second kappa shape index (κ2) is 8.88. The van der Waals surface area contributed by atoms with E-state index in [1.54, 1.807) is 12.1 Å². The minimum absolute atomic E-state index is 0.0795. The molecule has 1 aromatic carbocycles. The van der Waals surface area contributed by atoms with Crippen molar-refractivity contribution in [2.24, 2.45) is 5.41 Å². The summed E-state index contributed by atoms with van der Waals surface area (Å²) in [5.41, 5.74) is 1.95. The van der Waals surface area contributed by atoms with Crippen LogP contribution in [0, 0.1) is 11.2 Å². The highest BCUT2D eigenvalue weighted by molar-refractivity contribution is 5.89. The van der Waals surface area contributed by atoms with Crippen LogP contribution in [0.1, 0.15) is 18.4 Å². The first-order chi connectivity index (χ1) is 14.1. The van der Waals surface area contributed by atoms with Crippen molar-refractivity contribution >= 4 is 11.7 Å². The van der Waals surface area contributed by atoms with E-state index in [0.29, 0.717) is 18.8 Å². The Morgan fingerprint density at radius 1 is 1.10 bits per heavy atom. The van der Waals surface area contributed by atoms with Crippen molar-refractivity contribution in [1.29, 1.82) is 0 Å². The molecule has 1 N–H and O–H groups in total. The second-order valence-electron chi connectivity index (χ2n) is 8.04. The zero-order valence-corrected chi connectivity index (χ0v) is 16.5. The number of hydrogen-bond acceptors (Lipinski definition) is 4. The molecule has 154 valence electrons. The van der Waals surface area contributed by atoms with E-state index < -0.39 is 0 Å². The molecule has 2 aromatic rings. The van der Waals surface area contributed by atoms with Crippen LogP contribution in [0.2, 0.25) is 0 Å². The van der Waals surface area contributed by atoms with E-state index in [0.717, 1.165) is 45.7 Å². The molecule has 0 bridgehead atoms. The lowest BCUT2D eigenvalue weighted by molar-refractivity contribution is 0.0242. The predicted octanol–water partition coefficient (Wildman–Crippen LogP) is 3.37. The number of likely N-dealkylation sites (tertiary alicyclic amines) is 1. The Labute approximate surface area is 170 Å². The van der Waals surface area contributed by atoms with Gasteiger partial charge in [0.05, 0.1) is 13.2 Å². The Kier molecular flexibility index (Phi) is 6.06. The monoisotopic (exact) mass is 398 g/mol. The van der Waals surface area contributed by atoms with E-state index in [4.69, 9.17) is 4.74 Å². The number of piperidine rings is 1. The van der Waals surface area contributed by atoms with Crippen molar-refractivity contribution in [3.05, 3.63) is 60.2 Å². The number of benzene rings is 1. The highest BCUT2D eigenvalue weighted by atomic mass is 19.1. The van der Waals surface area contributed by atoms with E-state index in [9.17, 15) is 9.18 Å². The number of nitrogens with zero attached hydrogens (tertiary/aromatic N) is 3. The Bertz CT molecular complexity index is 807. The van der Waals surface area contributed by atoms with Crippen LogP contribution in [-0.4, -0.2) is 60.2 Å². The summed E-state index contributed by atoms with van der Waals surface area (Å²) in [4.78, 5) is 21.0. The molecule has 7 heteroatoms. The molecule has 0 saturated carbocycles. The maximum absolute atomic E-state index is 13.0. The quantitative estimate of drug-likeness (QED) is 0.861. The van der Waals surface area contributed by atoms with Gasteiger partial charge in [0.1, 0.15) is 5.82 Å². The van der Waals surface area contributed by atoms with Crippen LogP contribution in [0.15, 0.2) is 48.8 Å². The third kappa shape index (κ3) is 5.10. The number of hydrogen-bond donors (Lipinski definition) is 1. The zero-order valence-electron chi connectivity index (χ0n) is 16.5. The molecule has 1 spiro atoms. The number of amides is 2. The summed E-state index contributed by atoms with van der Waals surface area (Å²) >= 11 is 0. The zero-order chi connectivity index (χ0) is 20.1. The van der Waals surface area contributed by atoms with Gasteiger partial charge in [-0.1, -0.05) is 0 Å². The van der Waals surface area contributed by atoms with E-state index in [1.807, 2.05) is 17.3 Å². The fraction of sp³-hybridized carbons (Fsp3) is 0.455. The Morgan fingerprint density at radius 2 is 1.83 bits per heavy atom. The molecule has 2 aliphatic heterocycles. The first-order valence-electron chi connectivity index (χ1n) is 10.1. The molecule has 2 aliphatic rings. The molecule has 3 heterocycles. The average molecular weight is 398 g/mol. The smallest absolute Gasteiger partial charge is 0.321 e. The van der Waals surface area contributed by atoms with Crippen LogP contribution in [0.25, 0.3) is 0 Å². The predicted molar refractivity (Wildman–Crippen MR) is 109 cm³/mol. The molecule has 2 amide bonds. The third-order valence-electron chi connectivity index (χ3n) is 5.88. The topological polar surface area (TPSA) is 57.7 Å². The standard InChI is InChI=1S/C22H27FN4O2/c23-19-1-3-20(4-2-19)25-21(28)27-11-7-22(8-12-27)16-26(13-14-29-17-22)15-18-5-9-24-10-6-18/h1-6,9-10H,7-8,11-17H2,(H,25,28). The molecule has 0 aliphatic carbocycles. The number of urea groups is 1. The van der Waals surface area contributed by atoms with Crippen molar-refractivity contribution in [3.8, 4) is 0 Å². The summed E-state index contributed by atoms with van der Waals surface area (Å²) in [5, 5.41) is 2.86. The number of aromatic nitrogens is 1. The highest BCUT2D eigenvalue weighted by Gasteiger charge is 2.39. The van der Waals surface area contributed by atoms with Gasteiger partial charge in [0.25, 0.3) is 0 Å². The maximum atomic E-state index is 13.0. The summed E-state index contributed by atoms with van der Waals surface area (Å²) in [7, 11) is 0. The summed E-state index contributed by atoms with van der Waals surface area (Å²) in [6.07, 6.45) is 5.49. The van der Waals surface area contributed by atoms with Gasteiger partial charge in [-0.15, -0.1) is 0 Å². The minimum Gasteiger partial charge on any atom is -0.379 e. The fourth-order valence-electron chi connectivity index (χ4n) is 4.19. The number of carbonyl (C=O) groups excluding carboxylic acids is 1. The first kappa shape index (κ1) is 19.8. The van der Waals surface area contributed by atoms with Crippen molar-refractivity contribution in [2.45, 2.75) is 19.4 Å². The average Bonchev–Trinajstić information content (AvgIpc) is 2.93. The summed E-state index contributed by atoms with van der Waals surface area (Å²) in [6, 6.07) is 9.84. The van der Waals surface area contributed by atoms with Gasteiger partial charge in [-0.3, -0.25) is 9.88 Å². The van der Waals surface area contributed by atoms with E-state index in [1.165, 1.54) is 17.7 Å². The summed E-state index contributed by atoms with van der Waals surface area (Å²) in [6.45, 7) is 5.65. The lowest BCUT2D eigenvalue weighted by Crippen LogP contribution is -2.49. The first-order valence-corrected chi connectivity index (χ1v) is 10.1. The summed E-state index contributed by atoms with van der Waals surface area (Å²) < 4.78 is 19.0. The number of halogens is 1. The Hall–Kier alpha value is -2.51. The van der Waals surface area contributed by atoms with Gasteiger partial charge in [0.15, 0.2) is 0 Å². The molecule has 2 saturated heterocycles. The molecule has 6 nitrogen and oxygen atoms in total. The Morgan fingerprint density at radius 3 is 2.55 bits per heavy atom. The van der Waals surface area contributed by atoms with Gasteiger partial charge >= 0.3 is 6.03 Å². The maximum Gasteiger partial charge on any atom is 0.321 e. The normalized spacial score (nSPS) is 19.7. The molecule has 4 rings (SSSR count). The number of pyridine rings is 1. The molecule has 0 unspecified atom stereocenters. The minimum atomic E-state index is -0.312. The lowest BCUT2D eigenvalue weighted by atomic mass is 9.78. The van der Waals surface area contributed by atoms with Crippen LogP contribution in [-0.2, 0) is 11.3 Å².